The second-order valence-corrected chi connectivity index (χ2v) is 3.72. The van der Waals surface area contributed by atoms with E-state index in [1.54, 1.807) is 13.1 Å². The van der Waals surface area contributed by atoms with Crippen molar-refractivity contribution < 1.29 is 4.79 Å². The average molecular weight is 244 g/mol. The molecule has 0 aromatic carbocycles. The largest absolute Gasteiger partial charge is 0.396 e. The van der Waals surface area contributed by atoms with Crippen molar-refractivity contribution in [2.24, 2.45) is 0 Å². The Labute approximate surface area is 103 Å². The van der Waals surface area contributed by atoms with E-state index in [-0.39, 0.29) is 11.0 Å². The summed E-state index contributed by atoms with van der Waals surface area (Å²) in [7, 11) is 1.56. The molecule has 2 rings (SSSR count). The molecule has 6 nitrogen and oxygen atoms in total. The lowest BCUT2D eigenvalue weighted by molar-refractivity contribution is 0.0991. The fourth-order valence-corrected chi connectivity index (χ4v) is 1.58. The van der Waals surface area contributed by atoms with E-state index in [4.69, 9.17) is 5.73 Å². The molecule has 6 heteroatoms. The fourth-order valence-electron chi connectivity index (χ4n) is 1.58. The number of hydrogen-bond acceptors (Lipinski definition) is 4. The second kappa shape index (κ2) is 4.70. The predicted octanol–water partition coefficient (Wildman–Crippen LogP) is 0.629. The van der Waals surface area contributed by atoms with Crippen LogP contribution in [0.15, 0.2) is 41.7 Å². The van der Waals surface area contributed by atoms with Gasteiger partial charge in [-0.15, -0.1) is 0 Å². The maximum atomic E-state index is 12.1. The zero-order chi connectivity index (χ0) is 13.1. The number of pyridine rings is 2. The van der Waals surface area contributed by atoms with Crippen LogP contribution in [0.4, 0.5) is 11.4 Å². The number of aromatic amines is 1. The molecule has 2 aromatic rings. The summed E-state index contributed by atoms with van der Waals surface area (Å²) in [6, 6.07) is 2.92. The first-order valence-electron chi connectivity index (χ1n) is 5.26. The molecule has 0 radical (unpaired) electrons. The number of nitrogens with zero attached hydrogens (tertiary/aromatic N) is 2. The summed E-state index contributed by atoms with van der Waals surface area (Å²) in [5, 5.41) is 0. The molecule has 0 unspecified atom stereocenters. The highest BCUT2D eigenvalue weighted by Crippen LogP contribution is 2.20. The van der Waals surface area contributed by atoms with E-state index in [2.05, 4.69) is 9.97 Å². The highest BCUT2D eigenvalue weighted by molar-refractivity contribution is 6.06. The molecule has 0 aliphatic heterocycles. The number of carbonyl (C=O) groups is 1. The number of aromatic nitrogens is 2. The SMILES string of the molecule is CN(C(=O)c1c[nH]ccc1=O)c1ccncc1N. The van der Waals surface area contributed by atoms with E-state index in [9.17, 15) is 9.59 Å². The number of carbonyl (C=O) groups excluding carboxylic acids is 1. The predicted molar refractivity (Wildman–Crippen MR) is 68.4 cm³/mol. The Balaban J connectivity index is 2.39. The third-order valence-electron chi connectivity index (χ3n) is 2.55. The topological polar surface area (TPSA) is 92.1 Å². The molecular weight excluding hydrogens is 232 g/mol. The molecule has 3 N–H and O–H groups in total. The van der Waals surface area contributed by atoms with Crippen LogP contribution >= 0.6 is 0 Å². The van der Waals surface area contributed by atoms with Gasteiger partial charge < -0.3 is 15.6 Å². The second-order valence-electron chi connectivity index (χ2n) is 3.72. The summed E-state index contributed by atoms with van der Waals surface area (Å²) in [6.07, 6.45) is 5.83. The molecule has 0 saturated carbocycles. The van der Waals surface area contributed by atoms with Crippen molar-refractivity contribution in [2.45, 2.75) is 0 Å². The number of amides is 1. The Kier molecular flexibility index (Phi) is 3.09. The third kappa shape index (κ3) is 2.08. The van der Waals surface area contributed by atoms with Crippen LogP contribution in [0, 0.1) is 0 Å². The Hall–Kier alpha value is -2.63. The van der Waals surface area contributed by atoms with Gasteiger partial charge in [0.2, 0.25) is 0 Å². The van der Waals surface area contributed by atoms with Gasteiger partial charge in [0.15, 0.2) is 5.43 Å². The minimum Gasteiger partial charge on any atom is -0.396 e. The Bertz CT molecular complexity index is 636. The van der Waals surface area contributed by atoms with Crippen LogP contribution in [0.2, 0.25) is 0 Å². The maximum absolute atomic E-state index is 12.1. The molecule has 1 amide bonds. The number of nitrogens with one attached hydrogen (secondary N) is 1. The zero-order valence-corrected chi connectivity index (χ0v) is 9.75. The molecule has 92 valence electrons. The first kappa shape index (κ1) is 11.8. The van der Waals surface area contributed by atoms with Crippen LogP contribution in [0.5, 0.6) is 0 Å². The Morgan fingerprint density at radius 2 is 2.22 bits per heavy atom. The smallest absolute Gasteiger partial charge is 0.263 e. The van der Waals surface area contributed by atoms with Gasteiger partial charge in [-0.05, 0) is 6.07 Å². The maximum Gasteiger partial charge on any atom is 0.263 e. The Morgan fingerprint density at radius 3 is 2.89 bits per heavy atom. The van der Waals surface area contributed by atoms with Crippen molar-refractivity contribution in [3.05, 3.63) is 52.7 Å². The van der Waals surface area contributed by atoms with Crippen molar-refractivity contribution in [3.8, 4) is 0 Å². The number of hydrogen-bond donors (Lipinski definition) is 2. The van der Waals surface area contributed by atoms with E-state index in [1.165, 1.54) is 35.8 Å². The molecule has 18 heavy (non-hydrogen) atoms. The van der Waals surface area contributed by atoms with Gasteiger partial charge in [-0.3, -0.25) is 14.6 Å². The van der Waals surface area contributed by atoms with Crippen molar-refractivity contribution >= 4 is 17.3 Å². The fraction of sp³-hybridized carbons (Fsp3) is 0.0833. The normalized spacial score (nSPS) is 10.1. The van der Waals surface area contributed by atoms with Gasteiger partial charge in [0.1, 0.15) is 5.56 Å². The van der Waals surface area contributed by atoms with Crippen LogP contribution in [0.25, 0.3) is 0 Å². The van der Waals surface area contributed by atoms with Gasteiger partial charge in [0.25, 0.3) is 5.91 Å². The summed E-state index contributed by atoms with van der Waals surface area (Å²) in [6.45, 7) is 0. The summed E-state index contributed by atoms with van der Waals surface area (Å²) in [5.41, 5.74) is 6.35. The van der Waals surface area contributed by atoms with Gasteiger partial charge >= 0.3 is 0 Å². The van der Waals surface area contributed by atoms with Gasteiger partial charge in [-0.2, -0.15) is 0 Å². The molecule has 0 spiro atoms. The molecule has 0 bridgehead atoms. The van der Waals surface area contributed by atoms with Gasteiger partial charge in [-0.25, -0.2) is 0 Å². The minimum absolute atomic E-state index is 0.0659. The van der Waals surface area contributed by atoms with E-state index < -0.39 is 5.91 Å². The first-order valence-corrected chi connectivity index (χ1v) is 5.26. The zero-order valence-electron chi connectivity index (χ0n) is 9.75. The highest BCUT2D eigenvalue weighted by Gasteiger charge is 2.17. The van der Waals surface area contributed by atoms with E-state index in [0.717, 1.165) is 0 Å². The lowest BCUT2D eigenvalue weighted by Crippen LogP contribution is -2.31. The molecule has 0 fully saturated rings. The molecule has 0 atom stereocenters. The number of anilines is 2. The molecule has 0 saturated heterocycles. The number of rotatable bonds is 2. The number of H-pyrrole nitrogens is 1. The molecule has 2 aromatic heterocycles. The van der Waals surface area contributed by atoms with Gasteiger partial charge in [0, 0.05) is 31.7 Å². The van der Waals surface area contributed by atoms with Crippen molar-refractivity contribution in [1.29, 1.82) is 0 Å². The van der Waals surface area contributed by atoms with Gasteiger partial charge in [-0.1, -0.05) is 0 Å². The van der Waals surface area contributed by atoms with Crippen LogP contribution < -0.4 is 16.1 Å². The summed E-state index contributed by atoms with van der Waals surface area (Å²) in [5.74, 6) is -0.422. The van der Waals surface area contributed by atoms with Crippen molar-refractivity contribution in [1.82, 2.24) is 9.97 Å². The van der Waals surface area contributed by atoms with E-state index >= 15 is 0 Å². The standard InChI is InChI=1S/C12H12N4O2/c1-16(10-2-4-15-7-9(10)13)12(18)8-6-14-5-3-11(8)17/h2-7H,13H2,1H3,(H,14,17). The van der Waals surface area contributed by atoms with Crippen LogP contribution in [-0.2, 0) is 0 Å². The quantitative estimate of drug-likeness (QED) is 0.810. The minimum atomic E-state index is -0.422. The van der Waals surface area contributed by atoms with E-state index in [0.29, 0.717) is 11.4 Å². The molecule has 0 aliphatic carbocycles. The molecule has 0 aliphatic rings. The highest BCUT2D eigenvalue weighted by atomic mass is 16.2. The average Bonchev–Trinajstić information content (AvgIpc) is 2.38. The van der Waals surface area contributed by atoms with Gasteiger partial charge in [0.05, 0.1) is 17.6 Å². The molecule has 2 heterocycles. The van der Waals surface area contributed by atoms with Crippen LogP contribution in [-0.4, -0.2) is 22.9 Å². The van der Waals surface area contributed by atoms with Crippen molar-refractivity contribution in [3.63, 3.8) is 0 Å². The van der Waals surface area contributed by atoms with Crippen LogP contribution in [0.1, 0.15) is 10.4 Å². The number of nitrogens with two attached hydrogens (primary N) is 1. The monoisotopic (exact) mass is 244 g/mol. The summed E-state index contributed by atoms with van der Waals surface area (Å²) in [4.78, 5) is 31.6. The summed E-state index contributed by atoms with van der Waals surface area (Å²) >= 11 is 0. The third-order valence-corrected chi connectivity index (χ3v) is 2.55. The van der Waals surface area contributed by atoms with Crippen LogP contribution in [0.3, 0.4) is 0 Å². The lowest BCUT2D eigenvalue weighted by atomic mass is 10.2. The van der Waals surface area contributed by atoms with Crippen molar-refractivity contribution in [2.75, 3.05) is 17.7 Å². The first-order chi connectivity index (χ1) is 8.61. The lowest BCUT2D eigenvalue weighted by Gasteiger charge is -2.18. The number of nitrogen functional groups attached to an aromatic ring is 1. The Morgan fingerprint density at radius 1 is 1.44 bits per heavy atom. The summed E-state index contributed by atoms with van der Waals surface area (Å²) < 4.78 is 0. The molecular formula is C12H12N4O2. The van der Waals surface area contributed by atoms with E-state index in [1.807, 2.05) is 0 Å².